The zero-order chi connectivity index (χ0) is 18.6. The van der Waals surface area contributed by atoms with Crippen LogP contribution in [0.4, 0.5) is 10.8 Å². The molecule has 0 unspecified atom stereocenters. The maximum absolute atomic E-state index is 12.2. The van der Waals surface area contributed by atoms with Crippen molar-refractivity contribution in [2.75, 3.05) is 40.6 Å². The Labute approximate surface area is 174 Å². The zero-order valence-electron chi connectivity index (χ0n) is 14.2. The predicted molar refractivity (Wildman–Crippen MR) is 116 cm³/mol. The lowest BCUT2D eigenvalue weighted by atomic mass is 10.3. The minimum atomic E-state index is -0.0909. The molecule has 0 radical (unpaired) electrons. The Morgan fingerprint density at radius 3 is 2.78 bits per heavy atom. The minimum absolute atomic E-state index is 0.0909. The third-order valence-electron chi connectivity index (χ3n) is 3.90. The first-order valence-corrected chi connectivity index (χ1v) is 11.6. The summed E-state index contributed by atoms with van der Waals surface area (Å²) in [5.41, 5.74) is 1.42. The van der Waals surface area contributed by atoms with Crippen LogP contribution < -0.4 is 10.2 Å². The van der Waals surface area contributed by atoms with Crippen LogP contribution in [0.3, 0.4) is 0 Å². The number of amides is 1. The van der Waals surface area contributed by atoms with E-state index in [2.05, 4.69) is 25.2 Å². The Morgan fingerprint density at radius 1 is 1.22 bits per heavy atom. The van der Waals surface area contributed by atoms with Gasteiger partial charge in [0.15, 0.2) is 10.8 Å². The molecule has 3 heterocycles. The van der Waals surface area contributed by atoms with Crippen LogP contribution in [0.25, 0.3) is 10.3 Å². The summed E-state index contributed by atoms with van der Waals surface area (Å²) < 4.78 is 0.940. The number of benzene rings is 1. The summed E-state index contributed by atoms with van der Waals surface area (Å²) in [6.07, 6.45) is 1.51. The van der Waals surface area contributed by atoms with E-state index in [1.54, 1.807) is 35.6 Å². The zero-order valence-corrected chi connectivity index (χ0v) is 17.4. The topological polar surface area (TPSA) is 71.0 Å². The summed E-state index contributed by atoms with van der Waals surface area (Å²) in [7, 11) is 0. The van der Waals surface area contributed by atoms with Crippen molar-refractivity contribution in [3.8, 4) is 0 Å². The molecule has 3 aromatic rings. The van der Waals surface area contributed by atoms with Gasteiger partial charge in [0.1, 0.15) is 16.1 Å². The summed E-state index contributed by atoms with van der Waals surface area (Å²) >= 11 is 10.8. The van der Waals surface area contributed by atoms with Gasteiger partial charge >= 0.3 is 0 Å². The van der Waals surface area contributed by atoms with E-state index in [1.807, 2.05) is 11.8 Å². The monoisotopic (exact) mass is 437 g/mol. The van der Waals surface area contributed by atoms with Gasteiger partial charge < -0.3 is 10.2 Å². The molecule has 10 heteroatoms. The standard InChI is InChI=1S/C17H16ClN5OS3/c18-11-1-3-12(4-2-11)21-13(24)9-26-16-14-15(19-10-20-16)22-17(27-14)23-5-7-25-8-6-23/h1-4,10H,5-9H2,(H,21,24). The quantitative estimate of drug-likeness (QED) is 0.477. The first kappa shape index (κ1) is 18.8. The molecule has 0 atom stereocenters. The molecule has 1 aromatic carbocycles. The lowest BCUT2D eigenvalue weighted by molar-refractivity contribution is -0.113. The molecule has 0 spiro atoms. The maximum Gasteiger partial charge on any atom is 0.234 e. The number of nitrogens with one attached hydrogen (secondary N) is 1. The lowest BCUT2D eigenvalue weighted by Crippen LogP contribution is -2.32. The molecule has 1 aliphatic rings. The van der Waals surface area contributed by atoms with Crippen molar-refractivity contribution in [2.45, 2.75) is 5.03 Å². The highest BCUT2D eigenvalue weighted by Gasteiger charge is 2.18. The summed E-state index contributed by atoms with van der Waals surface area (Å²) in [5, 5.41) is 5.28. The number of aromatic nitrogens is 3. The van der Waals surface area contributed by atoms with Crippen molar-refractivity contribution < 1.29 is 4.79 Å². The van der Waals surface area contributed by atoms with Gasteiger partial charge in [0.05, 0.1) is 5.75 Å². The van der Waals surface area contributed by atoms with Crippen molar-refractivity contribution in [1.29, 1.82) is 0 Å². The highest BCUT2D eigenvalue weighted by atomic mass is 35.5. The number of fused-ring (bicyclic) bond motifs is 1. The van der Waals surface area contributed by atoms with E-state index in [0.717, 1.165) is 45.1 Å². The normalized spacial score (nSPS) is 14.5. The fraction of sp³-hybridized carbons (Fsp3) is 0.294. The van der Waals surface area contributed by atoms with Gasteiger partial charge in [0, 0.05) is 35.3 Å². The van der Waals surface area contributed by atoms with E-state index in [0.29, 0.717) is 10.7 Å². The molecule has 4 rings (SSSR count). The molecule has 0 saturated carbocycles. The Balaban J connectivity index is 1.44. The number of thioether (sulfide) groups is 2. The van der Waals surface area contributed by atoms with Crippen LogP contribution in [-0.2, 0) is 4.79 Å². The van der Waals surface area contributed by atoms with Crippen molar-refractivity contribution in [2.24, 2.45) is 0 Å². The van der Waals surface area contributed by atoms with Crippen molar-refractivity contribution in [1.82, 2.24) is 15.0 Å². The van der Waals surface area contributed by atoms with E-state index in [1.165, 1.54) is 18.1 Å². The number of carbonyl (C=O) groups excluding carboxylic acids is 1. The molecule has 2 aromatic heterocycles. The predicted octanol–water partition coefficient (Wildman–Crippen LogP) is 4.02. The van der Waals surface area contributed by atoms with Gasteiger partial charge in [-0.2, -0.15) is 16.7 Å². The van der Waals surface area contributed by atoms with E-state index in [9.17, 15) is 4.79 Å². The van der Waals surface area contributed by atoms with Crippen LogP contribution >= 0.6 is 46.5 Å². The molecule has 27 heavy (non-hydrogen) atoms. The van der Waals surface area contributed by atoms with Crippen LogP contribution in [0.5, 0.6) is 0 Å². The minimum Gasteiger partial charge on any atom is -0.346 e. The van der Waals surface area contributed by atoms with Crippen molar-refractivity contribution in [3.05, 3.63) is 35.6 Å². The van der Waals surface area contributed by atoms with Crippen LogP contribution in [0.15, 0.2) is 35.6 Å². The highest BCUT2D eigenvalue weighted by Crippen LogP contribution is 2.34. The second-order valence-electron chi connectivity index (χ2n) is 5.77. The van der Waals surface area contributed by atoms with Gasteiger partial charge in [0.2, 0.25) is 5.91 Å². The number of halogens is 1. The maximum atomic E-state index is 12.2. The molecule has 1 fully saturated rings. The van der Waals surface area contributed by atoms with Gasteiger partial charge in [-0.15, -0.1) is 0 Å². The molecule has 0 bridgehead atoms. The van der Waals surface area contributed by atoms with Crippen LogP contribution in [0.1, 0.15) is 0 Å². The van der Waals surface area contributed by atoms with E-state index < -0.39 is 0 Å². The first-order chi connectivity index (χ1) is 13.2. The molecular weight excluding hydrogens is 422 g/mol. The van der Waals surface area contributed by atoms with Crippen LogP contribution in [0, 0.1) is 0 Å². The molecule has 1 N–H and O–H groups in total. The Bertz CT molecular complexity index is 943. The smallest absolute Gasteiger partial charge is 0.234 e. The number of thiazole rings is 1. The summed E-state index contributed by atoms with van der Waals surface area (Å²) in [4.78, 5) is 27.8. The Kier molecular flexibility index (Phi) is 6.01. The number of hydrogen-bond acceptors (Lipinski definition) is 8. The highest BCUT2D eigenvalue weighted by molar-refractivity contribution is 8.00. The van der Waals surface area contributed by atoms with E-state index >= 15 is 0 Å². The van der Waals surface area contributed by atoms with Gasteiger partial charge in [-0.25, -0.2) is 9.97 Å². The first-order valence-electron chi connectivity index (χ1n) is 8.31. The molecule has 140 valence electrons. The fourth-order valence-electron chi connectivity index (χ4n) is 2.58. The summed E-state index contributed by atoms with van der Waals surface area (Å²) in [5.74, 6) is 2.41. The molecule has 0 aliphatic carbocycles. The Hall–Kier alpha value is -1.55. The summed E-state index contributed by atoms with van der Waals surface area (Å²) in [6, 6.07) is 7.05. The average Bonchev–Trinajstić information content (AvgIpc) is 3.14. The third kappa shape index (κ3) is 4.66. The molecule has 6 nitrogen and oxygen atoms in total. The van der Waals surface area contributed by atoms with Gasteiger partial charge in [-0.3, -0.25) is 4.79 Å². The molecule has 1 aliphatic heterocycles. The van der Waals surface area contributed by atoms with E-state index in [4.69, 9.17) is 11.6 Å². The van der Waals surface area contributed by atoms with Crippen molar-refractivity contribution in [3.63, 3.8) is 0 Å². The third-order valence-corrected chi connectivity index (χ3v) is 7.32. The van der Waals surface area contributed by atoms with Crippen molar-refractivity contribution >= 4 is 73.5 Å². The largest absolute Gasteiger partial charge is 0.346 e. The number of carbonyl (C=O) groups is 1. The average molecular weight is 438 g/mol. The number of anilines is 2. The van der Waals surface area contributed by atoms with Gasteiger partial charge in [-0.05, 0) is 24.3 Å². The number of rotatable bonds is 5. The number of nitrogens with zero attached hydrogens (tertiary/aromatic N) is 4. The molecular formula is C17H16ClN5OS3. The molecule has 1 amide bonds. The lowest BCUT2D eigenvalue weighted by Gasteiger charge is -2.25. The van der Waals surface area contributed by atoms with Gasteiger partial charge in [-0.1, -0.05) is 34.7 Å². The summed E-state index contributed by atoms with van der Waals surface area (Å²) in [6.45, 7) is 2.01. The molecule has 1 saturated heterocycles. The fourth-order valence-corrected chi connectivity index (χ4v) is 5.55. The SMILES string of the molecule is O=C(CSc1ncnc2nc(N3CCSCC3)sc12)Nc1ccc(Cl)cc1. The Morgan fingerprint density at radius 2 is 2.00 bits per heavy atom. The van der Waals surface area contributed by atoms with Crippen LogP contribution in [0.2, 0.25) is 5.02 Å². The van der Waals surface area contributed by atoms with Crippen LogP contribution in [-0.4, -0.2) is 51.2 Å². The number of hydrogen-bond donors (Lipinski definition) is 1. The second-order valence-corrected chi connectivity index (χ2v) is 9.37. The second kappa shape index (κ2) is 8.64. The van der Waals surface area contributed by atoms with E-state index in [-0.39, 0.29) is 11.7 Å². The van der Waals surface area contributed by atoms with Gasteiger partial charge in [0.25, 0.3) is 0 Å².